The van der Waals surface area contributed by atoms with E-state index in [-0.39, 0.29) is 6.61 Å². The standard InChI is InChI=1S/C22H21NO3/c1-14-7-8-20(21(23)9-14)17-10-16(11-18(12-17)22(25)26-2)19-6-4-3-5-15(19)13-24/h3-12,24H,13,23H2,1-2H3. The summed E-state index contributed by atoms with van der Waals surface area (Å²) < 4.78 is 4.90. The zero-order chi connectivity index (χ0) is 18.7. The Labute approximate surface area is 152 Å². The molecular weight excluding hydrogens is 326 g/mol. The molecule has 0 unspecified atom stereocenters. The van der Waals surface area contributed by atoms with Gasteiger partial charge in [-0.25, -0.2) is 4.79 Å². The molecule has 4 heteroatoms. The van der Waals surface area contributed by atoms with Crippen molar-refractivity contribution < 1.29 is 14.6 Å². The molecule has 0 spiro atoms. The van der Waals surface area contributed by atoms with Gasteiger partial charge in [-0.3, -0.25) is 0 Å². The van der Waals surface area contributed by atoms with Crippen LogP contribution in [0.2, 0.25) is 0 Å². The summed E-state index contributed by atoms with van der Waals surface area (Å²) in [5, 5.41) is 9.65. The van der Waals surface area contributed by atoms with Crippen molar-refractivity contribution in [3.63, 3.8) is 0 Å². The lowest BCUT2D eigenvalue weighted by Crippen LogP contribution is -2.03. The normalized spacial score (nSPS) is 10.6. The van der Waals surface area contributed by atoms with Crippen LogP contribution in [0.4, 0.5) is 5.69 Å². The summed E-state index contributed by atoms with van der Waals surface area (Å²) in [6, 6.07) is 18.9. The Morgan fingerprint density at radius 2 is 1.69 bits per heavy atom. The Morgan fingerprint density at radius 3 is 2.35 bits per heavy atom. The van der Waals surface area contributed by atoms with E-state index < -0.39 is 5.97 Å². The topological polar surface area (TPSA) is 72.5 Å². The van der Waals surface area contributed by atoms with Crippen molar-refractivity contribution >= 4 is 11.7 Å². The quantitative estimate of drug-likeness (QED) is 0.548. The second kappa shape index (κ2) is 7.42. The third kappa shape index (κ3) is 3.46. The first kappa shape index (κ1) is 17.7. The molecular formula is C22H21NO3. The predicted molar refractivity (Wildman–Crippen MR) is 104 cm³/mol. The fraction of sp³-hybridized carbons (Fsp3) is 0.136. The summed E-state index contributed by atoms with van der Waals surface area (Å²) in [5.74, 6) is -0.416. The van der Waals surface area contributed by atoms with Crippen molar-refractivity contribution in [2.75, 3.05) is 12.8 Å². The van der Waals surface area contributed by atoms with E-state index in [1.165, 1.54) is 7.11 Å². The number of nitrogen functional groups attached to an aromatic ring is 1. The molecule has 0 saturated carbocycles. The lowest BCUT2D eigenvalue weighted by Gasteiger charge is -2.13. The third-order valence-electron chi connectivity index (χ3n) is 4.37. The minimum Gasteiger partial charge on any atom is -0.465 e. The Bertz CT molecular complexity index is 963. The number of aliphatic hydroxyl groups excluding tert-OH is 1. The Kier molecular flexibility index (Phi) is 5.05. The highest BCUT2D eigenvalue weighted by atomic mass is 16.5. The third-order valence-corrected chi connectivity index (χ3v) is 4.37. The van der Waals surface area contributed by atoms with Crippen LogP contribution in [0, 0.1) is 6.92 Å². The van der Waals surface area contributed by atoms with Crippen LogP contribution in [0.25, 0.3) is 22.3 Å². The number of rotatable bonds is 4. The van der Waals surface area contributed by atoms with Gasteiger partial charge in [0.1, 0.15) is 0 Å². The monoisotopic (exact) mass is 347 g/mol. The number of methoxy groups -OCH3 is 1. The zero-order valence-corrected chi connectivity index (χ0v) is 14.8. The van der Waals surface area contributed by atoms with Crippen LogP contribution < -0.4 is 5.73 Å². The van der Waals surface area contributed by atoms with E-state index >= 15 is 0 Å². The highest BCUT2D eigenvalue weighted by Crippen LogP contribution is 2.33. The molecule has 3 N–H and O–H groups in total. The van der Waals surface area contributed by atoms with Crippen molar-refractivity contribution in [2.24, 2.45) is 0 Å². The number of aryl methyl sites for hydroxylation is 1. The smallest absolute Gasteiger partial charge is 0.337 e. The van der Waals surface area contributed by atoms with Crippen LogP contribution in [-0.4, -0.2) is 18.2 Å². The largest absolute Gasteiger partial charge is 0.465 e. The summed E-state index contributed by atoms with van der Waals surface area (Å²) in [7, 11) is 1.36. The number of hydrogen-bond donors (Lipinski definition) is 2. The maximum absolute atomic E-state index is 12.2. The summed E-state index contributed by atoms with van der Waals surface area (Å²) in [5.41, 5.74) is 12.5. The fourth-order valence-electron chi connectivity index (χ4n) is 3.06. The first-order valence-electron chi connectivity index (χ1n) is 8.32. The van der Waals surface area contributed by atoms with Crippen molar-refractivity contribution in [1.29, 1.82) is 0 Å². The minimum absolute atomic E-state index is 0.0827. The van der Waals surface area contributed by atoms with Gasteiger partial charge in [0, 0.05) is 11.3 Å². The molecule has 0 aliphatic rings. The van der Waals surface area contributed by atoms with Gasteiger partial charge in [-0.05, 0) is 59.0 Å². The summed E-state index contributed by atoms with van der Waals surface area (Å²) in [6.07, 6.45) is 0. The van der Waals surface area contributed by atoms with Gasteiger partial charge in [0.25, 0.3) is 0 Å². The fourth-order valence-corrected chi connectivity index (χ4v) is 3.06. The highest BCUT2D eigenvalue weighted by molar-refractivity contribution is 5.94. The second-order valence-electron chi connectivity index (χ2n) is 6.20. The minimum atomic E-state index is -0.416. The number of ether oxygens (including phenoxy) is 1. The van der Waals surface area contributed by atoms with Crippen LogP contribution in [-0.2, 0) is 11.3 Å². The molecule has 0 saturated heterocycles. The first-order chi connectivity index (χ1) is 12.5. The van der Waals surface area contributed by atoms with Crippen LogP contribution in [0.15, 0.2) is 60.7 Å². The molecule has 3 aromatic carbocycles. The number of nitrogens with two attached hydrogens (primary N) is 1. The van der Waals surface area contributed by atoms with E-state index in [0.29, 0.717) is 11.3 Å². The molecule has 0 heterocycles. The van der Waals surface area contributed by atoms with Gasteiger partial charge < -0.3 is 15.6 Å². The van der Waals surface area contributed by atoms with Crippen LogP contribution in [0.3, 0.4) is 0 Å². The average molecular weight is 347 g/mol. The molecule has 0 aliphatic carbocycles. The van der Waals surface area contributed by atoms with Gasteiger partial charge in [0.15, 0.2) is 0 Å². The molecule has 4 nitrogen and oxygen atoms in total. The summed E-state index contributed by atoms with van der Waals surface area (Å²) >= 11 is 0. The van der Waals surface area contributed by atoms with Gasteiger partial charge >= 0.3 is 5.97 Å². The van der Waals surface area contributed by atoms with Crippen molar-refractivity contribution in [3.8, 4) is 22.3 Å². The lowest BCUT2D eigenvalue weighted by atomic mass is 9.93. The molecule has 0 aromatic heterocycles. The average Bonchev–Trinajstić information content (AvgIpc) is 2.66. The number of carbonyl (C=O) groups is 1. The van der Waals surface area contributed by atoms with Crippen LogP contribution in [0.1, 0.15) is 21.5 Å². The summed E-state index contributed by atoms with van der Waals surface area (Å²) in [4.78, 5) is 12.2. The SMILES string of the molecule is COC(=O)c1cc(-c2ccc(C)cc2N)cc(-c2ccccc2CO)c1. The molecule has 26 heavy (non-hydrogen) atoms. The lowest BCUT2D eigenvalue weighted by molar-refractivity contribution is 0.0601. The number of carbonyl (C=O) groups excluding carboxylic acids is 1. The Balaban J connectivity index is 2.24. The van der Waals surface area contributed by atoms with E-state index in [1.54, 1.807) is 12.1 Å². The predicted octanol–water partition coefficient (Wildman–Crippen LogP) is 4.19. The molecule has 0 atom stereocenters. The number of hydrogen-bond acceptors (Lipinski definition) is 4. The van der Waals surface area contributed by atoms with Crippen molar-refractivity contribution in [1.82, 2.24) is 0 Å². The molecule has 3 rings (SSSR count). The number of esters is 1. The van der Waals surface area contributed by atoms with E-state index in [4.69, 9.17) is 10.5 Å². The van der Waals surface area contributed by atoms with E-state index in [9.17, 15) is 9.90 Å². The molecule has 3 aromatic rings. The molecule has 0 radical (unpaired) electrons. The molecule has 0 amide bonds. The van der Waals surface area contributed by atoms with E-state index in [2.05, 4.69) is 0 Å². The first-order valence-corrected chi connectivity index (χ1v) is 8.32. The highest BCUT2D eigenvalue weighted by Gasteiger charge is 2.14. The van der Waals surface area contributed by atoms with Gasteiger partial charge in [-0.2, -0.15) is 0 Å². The Morgan fingerprint density at radius 1 is 1.00 bits per heavy atom. The molecule has 0 aliphatic heterocycles. The van der Waals surface area contributed by atoms with Gasteiger partial charge in [0.2, 0.25) is 0 Å². The maximum atomic E-state index is 12.2. The molecule has 0 fully saturated rings. The Hall–Kier alpha value is -3.11. The number of benzene rings is 3. The number of anilines is 1. The van der Waals surface area contributed by atoms with Gasteiger partial charge in [0.05, 0.1) is 19.3 Å². The van der Waals surface area contributed by atoms with Crippen LogP contribution in [0.5, 0.6) is 0 Å². The van der Waals surface area contributed by atoms with Crippen molar-refractivity contribution in [2.45, 2.75) is 13.5 Å². The van der Waals surface area contributed by atoms with Gasteiger partial charge in [-0.1, -0.05) is 36.4 Å². The zero-order valence-electron chi connectivity index (χ0n) is 14.8. The maximum Gasteiger partial charge on any atom is 0.337 e. The van der Waals surface area contributed by atoms with E-state index in [0.717, 1.165) is 33.4 Å². The second-order valence-corrected chi connectivity index (χ2v) is 6.20. The van der Waals surface area contributed by atoms with Crippen molar-refractivity contribution in [3.05, 3.63) is 77.4 Å². The molecule has 132 valence electrons. The van der Waals surface area contributed by atoms with E-state index in [1.807, 2.05) is 55.5 Å². The van der Waals surface area contributed by atoms with Crippen LogP contribution >= 0.6 is 0 Å². The molecule has 0 bridgehead atoms. The number of aliphatic hydroxyl groups is 1. The van der Waals surface area contributed by atoms with Gasteiger partial charge in [-0.15, -0.1) is 0 Å². The summed E-state index contributed by atoms with van der Waals surface area (Å²) in [6.45, 7) is 1.90.